The number of carbonyl (C=O) groups is 2. The Morgan fingerprint density at radius 2 is 1.78 bits per heavy atom. The molecule has 8 heteroatoms. The van der Waals surface area contributed by atoms with E-state index in [-0.39, 0.29) is 12.9 Å². The topological polar surface area (TPSA) is 94.1 Å². The molecular weight excluding hydrogens is 538 g/mol. The fourth-order valence-electron chi connectivity index (χ4n) is 4.93. The van der Waals surface area contributed by atoms with Gasteiger partial charge in [-0.15, -0.1) is 0 Å². The summed E-state index contributed by atoms with van der Waals surface area (Å²) < 4.78 is 17.5. The van der Waals surface area contributed by atoms with Gasteiger partial charge in [0.15, 0.2) is 11.5 Å². The molecule has 3 aromatic rings. The largest absolute Gasteiger partial charge is 0.480 e. The molecule has 0 saturated heterocycles. The molecule has 1 amide bonds. The van der Waals surface area contributed by atoms with Crippen molar-refractivity contribution < 1.29 is 28.9 Å². The lowest BCUT2D eigenvalue weighted by Crippen LogP contribution is -2.41. The summed E-state index contributed by atoms with van der Waals surface area (Å²) in [5.74, 6) is 0.755. The Morgan fingerprint density at radius 1 is 1.00 bits per heavy atom. The highest BCUT2D eigenvalue weighted by molar-refractivity contribution is 7.98. The Morgan fingerprint density at radius 3 is 2.54 bits per heavy atom. The predicted molar refractivity (Wildman–Crippen MR) is 163 cm³/mol. The van der Waals surface area contributed by atoms with Crippen LogP contribution in [0.5, 0.6) is 11.5 Å². The first-order chi connectivity index (χ1) is 19.9. The fourth-order valence-corrected chi connectivity index (χ4v) is 5.40. The number of thioether (sulfide) groups is 1. The minimum Gasteiger partial charge on any atom is -0.480 e. The van der Waals surface area contributed by atoms with Gasteiger partial charge in [-0.25, -0.2) is 4.79 Å². The van der Waals surface area contributed by atoms with Gasteiger partial charge in [0, 0.05) is 5.56 Å². The number of aliphatic carboxylic acids is 1. The van der Waals surface area contributed by atoms with Gasteiger partial charge in [0.1, 0.15) is 6.04 Å². The first-order valence-corrected chi connectivity index (χ1v) is 15.5. The molecule has 0 bridgehead atoms. The lowest BCUT2D eigenvalue weighted by Gasteiger charge is -2.20. The number of benzene rings is 3. The van der Waals surface area contributed by atoms with E-state index in [1.54, 1.807) is 17.8 Å². The second-order valence-corrected chi connectivity index (χ2v) is 11.3. The number of aryl methyl sites for hydroxylation is 1. The zero-order valence-corrected chi connectivity index (χ0v) is 24.8. The highest BCUT2D eigenvalue weighted by Gasteiger charge is 2.23. The normalized spacial score (nSPS) is 13.5. The molecule has 1 heterocycles. The van der Waals surface area contributed by atoms with E-state index in [4.69, 9.17) is 14.2 Å². The fraction of sp³-hybridized carbons (Fsp3) is 0.394. The van der Waals surface area contributed by atoms with Crippen molar-refractivity contribution in [2.24, 2.45) is 0 Å². The zero-order valence-electron chi connectivity index (χ0n) is 24.0. The number of carbonyl (C=O) groups excluding carboxylic acids is 1. The Balaban J connectivity index is 1.55. The average Bonchev–Trinajstić information content (AvgIpc) is 3.44. The van der Waals surface area contributed by atoms with Crippen LogP contribution in [0.4, 0.5) is 0 Å². The van der Waals surface area contributed by atoms with E-state index >= 15 is 0 Å². The first kappa shape index (κ1) is 30.5. The summed E-state index contributed by atoms with van der Waals surface area (Å²) in [5.41, 5.74) is 5.25. The van der Waals surface area contributed by atoms with Crippen LogP contribution in [0.3, 0.4) is 0 Å². The number of carboxylic acid groups (broad SMARTS) is 1. The van der Waals surface area contributed by atoms with Crippen molar-refractivity contribution in [2.45, 2.75) is 64.7 Å². The van der Waals surface area contributed by atoms with E-state index in [0.29, 0.717) is 24.3 Å². The smallest absolute Gasteiger partial charge is 0.326 e. The van der Waals surface area contributed by atoms with Gasteiger partial charge in [-0.2, -0.15) is 11.8 Å². The molecule has 0 unspecified atom stereocenters. The van der Waals surface area contributed by atoms with Crippen molar-refractivity contribution in [3.63, 3.8) is 0 Å². The third kappa shape index (κ3) is 8.27. The molecule has 1 aliphatic heterocycles. The van der Waals surface area contributed by atoms with E-state index in [0.717, 1.165) is 65.0 Å². The van der Waals surface area contributed by atoms with Gasteiger partial charge in [0.2, 0.25) is 6.79 Å². The van der Waals surface area contributed by atoms with Gasteiger partial charge in [-0.05, 0) is 90.3 Å². The number of rotatable bonds is 15. The lowest BCUT2D eigenvalue weighted by molar-refractivity contribution is -0.139. The van der Waals surface area contributed by atoms with Crippen LogP contribution in [-0.4, -0.2) is 47.9 Å². The van der Waals surface area contributed by atoms with Crippen LogP contribution in [0.15, 0.2) is 60.7 Å². The maximum absolute atomic E-state index is 13.4. The van der Waals surface area contributed by atoms with Crippen LogP contribution in [0.1, 0.15) is 59.7 Å². The molecule has 7 nitrogen and oxygen atoms in total. The summed E-state index contributed by atoms with van der Waals surface area (Å²) in [4.78, 5) is 25.2. The van der Waals surface area contributed by atoms with Gasteiger partial charge in [-0.1, -0.05) is 56.2 Å². The van der Waals surface area contributed by atoms with Crippen LogP contribution in [0.2, 0.25) is 0 Å². The average molecular weight is 578 g/mol. The molecule has 218 valence electrons. The maximum atomic E-state index is 13.4. The summed E-state index contributed by atoms with van der Waals surface area (Å²) in [6.45, 7) is 4.82. The number of fused-ring (bicyclic) bond motifs is 1. The highest BCUT2D eigenvalue weighted by Crippen LogP contribution is 2.33. The molecule has 4 rings (SSSR count). The van der Waals surface area contributed by atoms with Crippen LogP contribution < -0.4 is 14.8 Å². The lowest BCUT2D eigenvalue weighted by atomic mass is 9.93. The molecule has 0 saturated carbocycles. The zero-order chi connectivity index (χ0) is 29.2. The monoisotopic (exact) mass is 577 g/mol. The van der Waals surface area contributed by atoms with Crippen LogP contribution in [-0.2, 0) is 22.6 Å². The van der Waals surface area contributed by atoms with Gasteiger partial charge >= 0.3 is 5.97 Å². The highest BCUT2D eigenvalue weighted by atomic mass is 32.2. The van der Waals surface area contributed by atoms with E-state index < -0.39 is 17.9 Å². The molecule has 1 aliphatic rings. The Kier molecular flexibility index (Phi) is 11.1. The van der Waals surface area contributed by atoms with Crippen molar-refractivity contribution in [3.8, 4) is 22.6 Å². The number of unbranched alkanes of at least 4 members (excludes halogenated alkanes) is 1. The molecule has 0 aliphatic carbocycles. The standard InChI is InChI=1S/C33H39NO6S/c1-4-5-9-25(17-23-12-14-30-31(19-23)40-21-39-30)38-20-24-11-13-27(28(18-24)26-10-7-6-8-22(26)2)32(35)34-29(33(36)37)15-16-41-3/h6-8,10-14,18-19,25,29H,4-5,9,15-17,20-21H2,1-3H3,(H,34,35)(H,36,37)/t25-,29-/m0/s1. The second kappa shape index (κ2) is 14.9. The number of nitrogens with one attached hydrogen (secondary N) is 1. The summed E-state index contributed by atoms with van der Waals surface area (Å²) >= 11 is 1.55. The molecular formula is C33H39NO6S. The van der Waals surface area contributed by atoms with Crippen molar-refractivity contribution in [1.29, 1.82) is 0 Å². The number of carboxylic acids is 1. The number of amides is 1. The minimum atomic E-state index is -1.03. The summed E-state index contributed by atoms with van der Waals surface area (Å²) in [5, 5.41) is 12.4. The molecule has 3 aromatic carbocycles. The number of hydrogen-bond acceptors (Lipinski definition) is 6. The number of hydrogen-bond donors (Lipinski definition) is 2. The molecule has 0 spiro atoms. The van der Waals surface area contributed by atoms with Gasteiger partial charge < -0.3 is 24.6 Å². The Hall–Kier alpha value is -3.49. The third-order valence-electron chi connectivity index (χ3n) is 7.24. The molecule has 2 N–H and O–H groups in total. The molecule has 2 atom stereocenters. The van der Waals surface area contributed by atoms with E-state index in [1.807, 2.05) is 61.7 Å². The molecule has 41 heavy (non-hydrogen) atoms. The quantitative estimate of drug-likeness (QED) is 0.209. The van der Waals surface area contributed by atoms with Gasteiger partial charge in [-0.3, -0.25) is 4.79 Å². The van der Waals surface area contributed by atoms with E-state index in [9.17, 15) is 14.7 Å². The summed E-state index contributed by atoms with van der Waals surface area (Å²) in [7, 11) is 0. The SMILES string of the molecule is CCCC[C@@H](Cc1ccc2c(c1)OCO2)OCc1ccc(C(=O)N[C@@H](CCSC)C(=O)O)c(-c2ccccc2C)c1. The van der Waals surface area contributed by atoms with Gasteiger partial charge in [0.25, 0.3) is 5.91 Å². The van der Waals surface area contributed by atoms with E-state index in [1.165, 1.54) is 0 Å². The first-order valence-electron chi connectivity index (χ1n) is 14.1. The summed E-state index contributed by atoms with van der Waals surface area (Å²) in [6.07, 6.45) is 6.13. The van der Waals surface area contributed by atoms with Crippen molar-refractivity contribution in [1.82, 2.24) is 5.32 Å². The predicted octanol–water partition coefficient (Wildman–Crippen LogP) is 6.64. The maximum Gasteiger partial charge on any atom is 0.326 e. The minimum absolute atomic E-state index is 0.0213. The van der Waals surface area contributed by atoms with Gasteiger partial charge in [0.05, 0.1) is 12.7 Å². The van der Waals surface area contributed by atoms with Crippen LogP contribution in [0.25, 0.3) is 11.1 Å². The van der Waals surface area contributed by atoms with Crippen LogP contribution >= 0.6 is 11.8 Å². The van der Waals surface area contributed by atoms with E-state index in [2.05, 4.69) is 18.3 Å². The molecule has 0 radical (unpaired) electrons. The van der Waals surface area contributed by atoms with Crippen molar-refractivity contribution >= 4 is 23.6 Å². The van der Waals surface area contributed by atoms with Crippen molar-refractivity contribution in [2.75, 3.05) is 18.8 Å². The molecule has 0 aromatic heterocycles. The molecule has 0 fully saturated rings. The Bertz CT molecular complexity index is 1340. The van der Waals surface area contributed by atoms with Crippen molar-refractivity contribution in [3.05, 3.63) is 82.9 Å². The second-order valence-electron chi connectivity index (χ2n) is 10.3. The Labute approximate surface area is 246 Å². The summed E-state index contributed by atoms with van der Waals surface area (Å²) in [6, 6.07) is 18.6. The number of ether oxygens (including phenoxy) is 3. The third-order valence-corrected chi connectivity index (χ3v) is 7.89. The van der Waals surface area contributed by atoms with Crippen LogP contribution in [0, 0.1) is 6.92 Å².